The van der Waals surface area contributed by atoms with Crippen LogP contribution in [0.15, 0.2) is 60.8 Å². The number of amides is 3. The summed E-state index contributed by atoms with van der Waals surface area (Å²) in [6, 6.07) is 17.5. The van der Waals surface area contributed by atoms with Crippen molar-refractivity contribution >= 4 is 46.7 Å². The Morgan fingerprint density at radius 1 is 0.975 bits per heavy atom. The molecular formula is C30H36ClN7O2. The molecule has 1 N–H and O–H groups in total. The third kappa shape index (κ3) is 6.31. The average molecular weight is 562 g/mol. The summed E-state index contributed by atoms with van der Waals surface area (Å²) in [7, 11) is 0. The van der Waals surface area contributed by atoms with E-state index in [2.05, 4.69) is 20.1 Å². The molecule has 3 amide bonds. The molecule has 0 saturated carbocycles. The van der Waals surface area contributed by atoms with E-state index in [0.717, 1.165) is 43.0 Å². The Balaban J connectivity index is 1.16. The molecule has 1 aromatic heterocycles. The second-order valence-electron chi connectivity index (χ2n) is 10.3. The molecule has 2 fully saturated rings. The standard InChI is InChI=1S/C30H36ClN7O2/c1-3-28(39)38(24-7-5-4-6-8-24)25-12-15-35(16-13-25)27-11-14-32-29(34-27)36-17-19-37(20-18-36)30(40)33-23-10-9-22(2)26(31)21-23/h4-11,14,21,25H,3,12-13,15-20H2,1-2H3,(H,33,40). The van der Waals surface area contributed by atoms with Crippen molar-refractivity contribution in [2.45, 2.75) is 39.2 Å². The minimum Gasteiger partial charge on any atom is -0.356 e. The molecule has 0 spiro atoms. The van der Waals surface area contributed by atoms with Crippen molar-refractivity contribution < 1.29 is 9.59 Å². The highest BCUT2D eigenvalue weighted by Crippen LogP contribution is 2.27. The molecule has 2 aromatic carbocycles. The van der Waals surface area contributed by atoms with E-state index in [1.807, 2.05) is 67.3 Å². The Morgan fingerprint density at radius 3 is 2.38 bits per heavy atom. The number of piperazine rings is 1. The van der Waals surface area contributed by atoms with Crippen LogP contribution in [0.25, 0.3) is 0 Å². The van der Waals surface area contributed by atoms with Gasteiger partial charge in [0.05, 0.1) is 0 Å². The zero-order valence-electron chi connectivity index (χ0n) is 23.1. The van der Waals surface area contributed by atoms with Crippen molar-refractivity contribution in [2.24, 2.45) is 0 Å². The van der Waals surface area contributed by atoms with E-state index >= 15 is 0 Å². The van der Waals surface area contributed by atoms with Gasteiger partial charge in [0.15, 0.2) is 0 Å². The van der Waals surface area contributed by atoms with Crippen LogP contribution in [0.4, 0.5) is 27.9 Å². The number of carbonyl (C=O) groups excluding carboxylic acids is 2. The van der Waals surface area contributed by atoms with Crippen LogP contribution in [0.2, 0.25) is 5.02 Å². The topological polar surface area (TPSA) is 84.9 Å². The number of carbonyl (C=O) groups is 2. The predicted molar refractivity (Wildman–Crippen MR) is 160 cm³/mol. The number of anilines is 4. The van der Waals surface area contributed by atoms with E-state index in [4.69, 9.17) is 16.6 Å². The number of aromatic nitrogens is 2. The van der Waals surface area contributed by atoms with Gasteiger partial charge < -0.3 is 24.9 Å². The molecule has 2 aliphatic rings. The number of rotatable bonds is 6. The maximum Gasteiger partial charge on any atom is 0.321 e. The Hall–Kier alpha value is -3.85. The number of nitrogens with zero attached hydrogens (tertiary/aromatic N) is 6. The second kappa shape index (κ2) is 12.6. The summed E-state index contributed by atoms with van der Waals surface area (Å²) in [5.74, 6) is 1.73. The molecule has 0 aliphatic carbocycles. The molecule has 2 saturated heterocycles. The van der Waals surface area contributed by atoms with E-state index in [1.54, 1.807) is 17.2 Å². The molecule has 10 heteroatoms. The lowest BCUT2D eigenvalue weighted by Crippen LogP contribution is -2.50. The zero-order valence-corrected chi connectivity index (χ0v) is 23.8. The van der Waals surface area contributed by atoms with Crippen LogP contribution in [0.1, 0.15) is 31.7 Å². The fourth-order valence-electron chi connectivity index (χ4n) is 5.32. The van der Waals surface area contributed by atoms with Gasteiger partial charge >= 0.3 is 6.03 Å². The Kier molecular flexibility index (Phi) is 8.69. The lowest BCUT2D eigenvalue weighted by atomic mass is 10.0. The number of urea groups is 1. The van der Waals surface area contributed by atoms with Crippen molar-refractivity contribution in [2.75, 3.05) is 59.3 Å². The number of halogens is 1. The van der Waals surface area contributed by atoms with Crippen molar-refractivity contribution in [3.05, 3.63) is 71.4 Å². The molecule has 0 bridgehead atoms. The minimum absolute atomic E-state index is 0.136. The number of nitrogens with one attached hydrogen (secondary N) is 1. The number of benzene rings is 2. The molecular weight excluding hydrogens is 526 g/mol. The van der Waals surface area contributed by atoms with Gasteiger partial charge in [-0.25, -0.2) is 9.78 Å². The third-order valence-electron chi connectivity index (χ3n) is 7.66. The fraction of sp³-hybridized carbons (Fsp3) is 0.400. The summed E-state index contributed by atoms with van der Waals surface area (Å²) < 4.78 is 0. The number of piperidine rings is 1. The van der Waals surface area contributed by atoms with Gasteiger partial charge in [-0.1, -0.05) is 42.8 Å². The number of para-hydroxylation sites is 1. The third-order valence-corrected chi connectivity index (χ3v) is 8.07. The Labute approximate surface area is 240 Å². The molecule has 40 heavy (non-hydrogen) atoms. The smallest absolute Gasteiger partial charge is 0.321 e. The molecule has 3 aromatic rings. The minimum atomic E-state index is -0.136. The number of hydrogen-bond donors (Lipinski definition) is 1. The molecule has 0 radical (unpaired) electrons. The van der Waals surface area contributed by atoms with Crippen LogP contribution in [-0.4, -0.2) is 72.1 Å². The Bertz CT molecular complexity index is 1320. The molecule has 3 heterocycles. The lowest BCUT2D eigenvalue weighted by Gasteiger charge is -2.39. The van der Waals surface area contributed by atoms with Gasteiger partial charge in [-0.05, 0) is 55.7 Å². The first kappa shape index (κ1) is 27.7. The maximum absolute atomic E-state index is 12.8. The summed E-state index contributed by atoms with van der Waals surface area (Å²) in [4.78, 5) is 43.2. The Morgan fingerprint density at radius 2 is 1.70 bits per heavy atom. The first-order valence-electron chi connectivity index (χ1n) is 13.9. The van der Waals surface area contributed by atoms with Crippen LogP contribution in [0, 0.1) is 6.92 Å². The maximum atomic E-state index is 12.8. The quantitative estimate of drug-likeness (QED) is 0.445. The monoisotopic (exact) mass is 561 g/mol. The molecule has 2 aliphatic heterocycles. The molecule has 0 atom stereocenters. The SMILES string of the molecule is CCC(=O)N(c1ccccc1)C1CCN(c2ccnc(N3CCN(C(=O)Nc4ccc(C)c(Cl)c4)CC3)n2)CC1. The van der Waals surface area contributed by atoms with Crippen LogP contribution in [-0.2, 0) is 4.79 Å². The number of hydrogen-bond acceptors (Lipinski definition) is 6. The van der Waals surface area contributed by atoms with Crippen LogP contribution < -0.4 is 20.0 Å². The zero-order chi connectivity index (χ0) is 28.1. The predicted octanol–water partition coefficient (Wildman–Crippen LogP) is 5.20. The molecule has 5 rings (SSSR count). The summed E-state index contributed by atoms with van der Waals surface area (Å²) >= 11 is 6.20. The summed E-state index contributed by atoms with van der Waals surface area (Å²) in [6.07, 6.45) is 4.04. The van der Waals surface area contributed by atoms with Gasteiger partial charge in [0.2, 0.25) is 11.9 Å². The summed E-state index contributed by atoms with van der Waals surface area (Å²) in [6.45, 7) is 7.94. The lowest BCUT2D eigenvalue weighted by molar-refractivity contribution is -0.118. The van der Waals surface area contributed by atoms with Gasteiger partial charge in [0.25, 0.3) is 0 Å². The van der Waals surface area contributed by atoms with E-state index in [1.165, 1.54) is 0 Å². The average Bonchev–Trinajstić information content (AvgIpc) is 3.00. The molecule has 0 unspecified atom stereocenters. The second-order valence-corrected chi connectivity index (χ2v) is 10.7. The van der Waals surface area contributed by atoms with E-state index in [-0.39, 0.29) is 18.0 Å². The van der Waals surface area contributed by atoms with Gasteiger partial charge in [0, 0.05) is 74.3 Å². The van der Waals surface area contributed by atoms with Crippen LogP contribution in [0.3, 0.4) is 0 Å². The van der Waals surface area contributed by atoms with Gasteiger partial charge in [-0.15, -0.1) is 0 Å². The van der Waals surface area contributed by atoms with Crippen LogP contribution in [0.5, 0.6) is 0 Å². The highest BCUT2D eigenvalue weighted by atomic mass is 35.5. The van der Waals surface area contributed by atoms with E-state index in [9.17, 15) is 9.59 Å². The number of aryl methyl sites for hydroxylation is 1. The first-order valence-corrected chi connectivity index (χ1v) is 14.3. The van der Waals surface area contributed by atoms with Crippen LogP contribution >= 0.6 is 11.6 Å². The van der Waals surface area contributed by atoms with Gasteiger partial charge in [-0.2, -0.15) is 4.98 Å². The highest BCUT2D eigenvalue weighted by Gasteiger charge is 2.29. The molecule has 210 valence electrons. The van der Waals surface area contributed by atoms with Crippen molar-refractivity contribution in [1.29, 1.82) is 0 Å². The van der Waals surface area contributed by atoms with Crippen molar-refractivity contribution in [3.63, 3.8) is 0 Å². The fourth-order valence-corrected chi connectivity index (χ4v) is 5.50. The molecule has 9 nitrogen and oxygen atoms in total. The highest BCUT2D eigenvalue weighted by molar-refractivity contribution is 6.31. The van der Waals surface area contributed by atoms with Crippen molar-refractivity contribution in [1.82, 2.24) is 14.9 Å². The summed E-state index contributed by atoms with van der Waals surface area (Å²) in [5.41, 5.74) is 2.63. The van der Waals surface area contributed by atoms with E-state index < -0.39 is 0 Å². The van der Waals surface area contributed by atoms with Gasteiger partial charge in [0.1, 0.15) is 5.82 Å². The van der Waals surface area contributed by atoms with E-state index in [0.29, 0.717) is 49.3 Å². The normalized spacial score (nSPS) is 16.1. The van der Waals surface area contributed by atoms with Crippen molar-refractivity contribution in [3.8, 4) is 0 Å². The van der Waals surface area contributed by atoms with Gasteiger partial charge in [-0.3, -0.25) is 4.79 Å². The largest absolute Gasteiger partial charge is 0.356 e. The summed E-state index contributed by atoms with van der Waals surface area (Å²) in [5, 5.41) is 3.57. The first-order chi connectivity index (χ1) is 19.4.